The van der Waals surface area contributed by atoms with Gasteiger partial charge in [-0.2, -0.15) is 5.26 Å². The lowest BCUT2D eigenvalue weighted by atomic mass is 10.2. The molecule has 0 aliphatic heterocycles. The van der Waals surface area contributed by atoms with Crippen molar-refractivity contribution in [1.29, 1.82) is 5.26 Å². The molecule has 0 aliphatic carbocycles. The molecule has 1 amide bonds. The van der Waals surface area contributed by atoms with Gasteiger partial charge in [-0.15, -0.1) is 0 Å². The predicted molar refractivity (Wildman–Crippen MR) is 79.9 cm³/mol. The Morgan fingerprint density at radius 1 is 1.48 bits per heavy atom. The number of hydrogen-bond acceptors (Lipinski definition) is 4. The van der Waals surface area contributed by atoms with Crippen LogP contribution in [-0.2, 0) is 9.53 Å². The second-order valence-corrected chi connectivity index (χ2v) is 4.67. The first-order chi connectivity index (χ1) is 10.0. The molecule has 21 heavy (non-hydrogen) atoms. The number of para-hydroxylation sites is 1. The fourth-order valence-corrected chi connectivity index (χ4v) is 1.54. The van der Waals surface area contributed by atoms with Crippen LogP contribution in [0.3, 0.4) is 0 Å². The zero-order valence-electron chi connectivity index (χ0n) is 12.4. The number of rotatable bonds is 8. The molecule has 0 heterocycles. The number of nitriles is 1. The van der Waals surface area contributed by atoms with Crippen molar-refractivity contribution in [3.05, 3.63) is 42.0 Å². The summed E-state index contributed by atoms with van der Waals surface area (Å²) in [6.45, 7) is 8.54. The summed E-state index contributed by atoms with van der Waals surface area (Å²) in [7, 11) is 0. The zero-order valence-corrected chi connectivity index (χ0v) is 12.4. The number of carbonyl (C=O) groups is 1. The van der Waals surface area contributed by atoms with Crippen LogP contribution in [0.25, 0.3) is 0 Å². The van der Waals surface area contributed by atoms with Gasteiger partial charge in [-0.25, -0.2) is 0 Å². The SMILES string of the molecule is C=C(C)COCCNC(=O)C(C)Oc1ccccc1C#N. The van der Waals surface area contributed by atoms with Crippen molar-refractivity contribution in [2.24, 2.45) is 0 Å². The van der Waals surface area contributed by atoms with Gasteiger partial charge >= 0.3 is 0 Å². The molecule has 1 unspecified atom stereocenters. The molecule has 0 fully saturated rings. The van der Waals surface area contributed by atoms with E-state index in [1.165, 1.54) is 0 Å². The summed E-state index contributed by atoms with van der Waals surface area (Å²) in [6, 6.07) is 8.84. The maximum absolute atomic E-state index is 11.9. The number of carbonyl (C=O) groups excluding carboxylic acids is 1. The highest BCUT2D eigenvalue weighted by Crippen LogP contribution is 2.17. The maximum atomic E-state index is 11.9. The van der Waals surface area contributed by atoms with Crippen LogP contribution >= 0.6 is 0 Å². The summed E-state index contributed by atoms with van der Waals surface area (Å²) >= 11 is 0. The smallest absolute Gasteiger partial charge is 0.260 e. The molecule has 1 atom stereocenters. The Hall–Kier alpha value is -2.32. The van der Waals surface area contributed by atoms with Crippen LogP contribution in [0.15, 0.2) is 36.4 Å². The van der Waals surface area contributed by atoms with E-state index in [1.54, 1.807) is 31.2 Å². The van der Waals surface area contributed by atoms with Crippen LogP contribution in [0, 0.1) is 11.3 Å². The molecule has 0 aromatic heterocycles. The van der Waals surface area contributed by atoms with Crippen LogP contribution in [-0.4, -0.2) is 31.8 Å². The lowest BCUT2D eigenvalue weighted by Crippen LogP contribution is -2.38. The van der Waals surface area contributed by atoms with Crippen molar-refractivity contribution in [2.75, 3.05) is 19.8 Å². The van der Waals surface area contributed by atoms with E-state index in [4.69, 9.17) is 14.7 Å². The predicted octanol–water partition coefficient (Wildman–Crippen LogP) is 2.03. The van der Waals surface area contributed by atoms with Gasteiger partial charge in [0.25, 0.3) is 5.91 Å². The van der Waals surface area contributed by atoms with E-state index in [1.807, 2.05) is 13.0 Å². The maximum Gasteiger partial charge on any atom is 0.260 e. The number of hydrogen-bond donors (Lipinski definition) is 1. The Labute approximate surface area is 125 Å². The lowest BCUT2D eigenvalue weighted by Gasteiger charge is -2.15. The van der Waals surface area contributed by atoms with E-state index in [-0.39, 0.29) is 5.91 Å². The highest BCUT2D eigenvalue weighted by molar-refractivity contribution is 5.80. The third-order valence-corrected chi connectivity index (χ3v) is 2.57. The first-order valence-electron chi connectivity index (χ1n) is 6.70. The highest BCUT2D eigenvalue weighted by atomic mass is 16.5. The minimum atomic E-state index is -0.680. The number of ether oxygens (including phenoxy) is 2. The van der Waals surface area contributed by atoms with Gasteiger partial charge in [-0.05, 0) is 26.0 Å². The molecule has 5 nitrogen and oxygen atoms in total. The van der Waals surface area contributed by atoms with Gasteiger partial charge in [-0.1, -0.05) is 24.3 Å². The summed E-state index contributed by atoms with van der Waals surface area (Å²) in [5.41, 5.74) is 1.34. The van der Waals surface area contributed by atoms with Crippen molar-refractivity contribution in [3.8, 4) is 11.8 Å². The average Bonchev–Trinajstić information content (AvgIpc) is 2.46. The van der Waals surface area contributed by atoms with Gasteiger partial charge in [0.15, 0.2) is 6.10 Å². The fraction of sp³-hybridized carbons (Fsp3) is 0.375. The molecular weight excluding hydrogens is 268 g/mol. The molecule has 0 aliphatic rings. The fourth-order valence-electron chi connectivity index (χ4n) is 1.54. The Balaban J connectivity index is 2.38. The number of nitrogens with zero attached hydrogens (tertiary/aromatic N) is 1. The monoisotopic (exact) mass is 288 g/mol. The first-order valence-corrected chi connectivity index (χ1v) is 6.70. The van der Waals surface area contributed by atoms with E-state index >= 15 is 0 Å². The van der Waals surface area contributed by atoms with E-state index < -0.39 is 6.10 Å². The second kappa shape index (κ2) is 8.77. The topological polar surface area (TPSA) is 71.3 Å². The van der Waals surface area contributed by atoms with E-state index in [0.29, 0.717) is 31.1 Å². The Morgan fingerprint density at radius 3 is 2.86 bits per heavy atom. The number of nitrogens with one attached hydrogen (secondary N) is 1. The third-order valence-electron chi connectivity index (χ3n) is 2.57. The molecular formula is C16H20N2O3. The summed E-state index contributed by atoms with van der Waals surface area (Å²) in [5, 5.41) is 11.7. The number of amides is 1. The van der Waals surface area contributed by atoms with Crippen molar-refractivity contribution in [2.45, 2.75) is 20.0 Å². The zero-order chi connectivity index (χ0) is 15.7. The molecule has 1 aromatic carbocycles. The van der Waals surface area contributed by atoms with Crippen LogP contribution in [0.5, 0.6) is 5.75 Å². The van der Waals surface area contributed by atoms with Crippen molar-refractivity contribution < 1.29 is 14.3 Å². The van der Waals surface area contributed by atoms with Crippen LogP contribution in [0.1, 0.15) is 19.4 Å². The molecule has 0 saturated carbocycles. The highest BCUT2D eigenvalue weighted by Gasteiger charge is 2.15. The molecule has 1 aromatic rings. The minimum absolute atomic E-state index is 0.248. The molecule has 0 spiro atoms. The van der Waals surface area contributed by atoms with Crippen LogP contribution < -0.4 is 10.1 Å². The van der Waals surface area contributed by atoms with Gasteiger partial charge in [0.2, 0.25) is 0 Å². The Kier molecular flexibility index (Phi) is 6.99. The van der Waals surface area contributed by atoms with E-state index in [0.717, 1.165) is 5.57 Å². The van der Waals surface area contributed by atoms with E-state index in [9.17, 15) is 4.79 Å². The Bertz CT molecular complexity index is 535. The number of benzene rings is 1. The summed E-state index contributed by atoms with van der Waals surface area (Å²) in [4.78, 5) is 11.9. The van der Waals surface area contributed by atoms with Crippen LogP contribution in [0.2, 0.25) is 0 Å². The second-order valence-electron chi connectivity index (χ2n) is 4.67. The normalized spacial score (nSPS) is 11.3. The minimum Gasteiger partial charge on any atom is -0.480 e. The largest absolute Gasteiger partial charge is 0.480 e. The van der Waals surface area contributed by atoms with Crippen molar-refractivity contribution >= 4 is 5.91 Å². The van der Waals surface area contributed by atoms with E-state index in [2.05, 4.69) is 11.9 Å². The molecule has 5 heteroatoms. The Morgan fingerprint density at radius 2 is 2.19 bits per heavy atom. The van der Waals surface area contributed by atoms with Crippen molar-refractivity contribution in [1.82, 2.24) is 5.32 Å². The standard InChI is InChI=1S/C16H20N2O3/c1-12(2)11-20-9-8-18-16(19)13(3)21-15-7-5-4-6-14(15)10-17/h4-7,13H,1,8-9,11H2,2-3H3,(H,18,19). The quantitative estimate of drug-likeness (QED) is 0.587. The molecule has 0 saturated heterocycles. The average molecular weight is 288 g/mol. The molecule has 1 N–H and O–H groups in total. The summed E-state index contributed by atoms with van der Waals surface area (Å²) < 4.78 is 10.8. The molecule has 112 valence electrons. The first kappa shape index (κ1) is 16.7. The third kappa shape index (κ3) is 6.11. The van der Waals surface area contributed by atoms with Gasteiger partial charge in [0, 0.05) is 6.54 Å². The molecule has 1 rings (SSSR count). The van der Waals surface area contributed by atoms with Gasteiger partial charge in [0.05, 0.1) is 18.8 Å². The van der Waals surface area contributed by atoms with Gasteiger partial charge in [0.1, 0.15) is 11.8 Å². The summed E-state index contributed by atoms with van der Waals surface area (Å²) in [5.74, 6) is 0.155. The van der Waals surface area contributed by atoms with Gasteiger partial charge in [-0.3, -0.25) is 4.79 Å². The lowest BCUT2D eigenvalue weighted by molar-refractivity contribution is -0.127. The summed E-state index contributed by atoms with van der Waals surface area (Å²) in [6.07, 6.45) is -0.680. The van der Waals surface area contributed by atoms with Crippen LogP contribution in [0.4, 0.5) is 0 Å². The molecule has 0 radical (unpaired) electrons. The molecule has 0 bridgehead atoms. The van der Waals surface area contributed by atoms with Gasteiger partial charge < -0.3 is 14.8 Å². The van der Waals surface area contributed by atoms with Crippen molar-refractivity contribution in [3.63, 3.8) is 0 Å².